The van der Waals surface area contributed by atoms with Crippen molar-refractivity contribution in [1.82, 2.24) is 20.1 Å². The Kier molecular flexibility index (Phi) is 5.00. The van der Waals surface area contributed by atoms with E-state index in [0.717, 1.165) is 22.2 Å². The van der Waals surface area contributed by atoms with Crippen LogP contribution in [-0.2, 0) is 11.8 Å². The van der Waals surface area contributed by atoms with E-state index < -0.39 is 0 Å². The molecule has 0 bridgehead atoms. The van der Waals surface area contributed by atoms with Gasteiger partial charge in [-0.1, -0.05) is 0 Å². The number of ether oxygens (including phenoxy) is 3. The van der Waals surface area contributed by atoms with E-state index in [-0.39, 0.29) is 17.9 Å². The topological polar surface area (TPSA) is 87.5 Å². The lowest BCUT2D eigenvalue weighted by atomic mass is 10.0. The van der Waals surface area contributed by atoms with Crippen molar-refractivity contribution in [2.45, 2.75) is 19.4 Å². The molecule has 0 radical (unpaired) electrons. The summed E-state index contributed by atoms with van der Waals surface area (Å²) >= 11 is 0. The smallest absolute Gasteiger partial charge is 0.225 e. The third kappa shape index (κ3) is 3.70. The molecule has 1 fully saturated rings. The first-order chi connectivity index (χ1) is 14.0. The average molecular weight is 396 g/mol. The molecule has 3 heterocycles. The number of methoxy groups -OCH3 is 2. The van der Waals surface area contributed by atoms with Crippen LogP contribution in [0.1, 0.15) is 13.3 Å². The summed E-state index contributed by atoms with van der Waals surface area (Å²) in [5.74, 6) is 1.95. The summed E-state index contributed by atoms with van der Waals surface area (Å²) in [6.45, 7) is 2.59. The molecular formula is C21H24N4O4. The number of aromatic nitrogens is 3. The van der Waals surface area contributed by atoms with Crippen LogP contribution in [0.15, 0.2) is 30.5 Å². The summed E-state index contributed by atoms with van der Waals surface area (Å²) in [7, 11) is 5.07. The molecule has 1 aliphatic rings. The van der Waals surface area contributed by atoms with Gasteiger partial charge in [-0.2, -0.15) is 5.10 Å². The molecule has 1 unspecified atom stereocenters. The van der Waals surface area contributed by atoms with Crippen LogP contribution < -0.4 is 19.5 Å². The van der Waals surface area contributed by atoms with Crippen LogP contribution >= 0.6 is 0 Å². The lowest BCUT2D eigenvalue weighted by Gasteiger charge is -2.19. The van der Waals surface area contributed by atoms with Crippen molar-refractivity contribution < 1.29 is 19.0 Å². The second-order valence-electron chi connectivity index (χ2n) is 7.21. The number of rotatable bonds is 6. The van der Waals surface area contributed by atoms with E-state index >= 15 is 0 Å². The number of fused-ring (bicyclic) bond motifs is 1. The number of amides is 1. The summed E-state index contributed by atoms with van der Waals surface area (Å²) in [4.78, 5) is 16.3. The number of pyridine rings is 1. The number of hydrogen-bond donors (Lipinski definition) is 1. The number of nitrogens with one attached hydrogen (secondary N) is 1. The molecule has 4 rings (SSSR count). The second-order valence-corrected chi connectivity index (χ2v) is 7.21. The number of nitrogens with zero attached hydrogens (tertiary/aromatic N) is 3. The number of hydrogen-bond acceptors (Lipinski definition) is 6. The molecule has 0 aliphatic carbocycles. The Balaban J connectivity index is 1.73. The first kappa shape index (κ1) is 19.0. The summed E-state index contributed by atoms with van der Waals surface area (Å²) in [6, 6.07) is 7.57. The molecule has 1 amide bonds. The van der Waals surface area contributed by atoms with Gasteiger partial charge in [-0.25, -0.2) is 4.98 Å². The Labute approximate surface area is 168 Å². The van der Waals surface area contributed by atoms with Gasteiger partial charge in [-0.05, 0) is 31.2 Å². The first-order valence-corrected chi connectivity index (χ1v) is 9.48. The van der Waals surface area contributed by atoms with Crippen molar-refractivity contribution in [1.29, 1.82) is 0 Å². The molecular weight excluding hydrogens is 372 g/mol. The van der Waals surface area contributed by atoms with E-state index in [1.807, 2.05) is 44.4 Å². The molecule has 1 saturated heterocycles. The third-order valence-corrected chi connectivity index (χ3v) is 5.23. The molecule has 1 N–H and O–H groups in total. The van der Waals surface area contributed by atoms with Gasteiger partial charge in [0.15, 0.2) is 11.5 Å². The van der Waals surface area contributed by atoms with Crippen molar-refractivity contribution in [3.63, 3.8) is 0 Å². The van der Waals surface area contributed by atoms with Crippen molar-refractivity contribution >= 4 is 16.8 Å². The van der Waals surface area contributed by atoms with Gasteiger partial charge in [-0.15, -0.1) is 0 Å². The minimum absolute atomic E-state index is 0.0593. The molecule has 3 aromatic rings. The largest absolute Gasteiger partial charge is 0.493 e. The average Bonchev–Trinajstić information content (AvgIpc) is 3.32. The van der Waals surface area contributed by atoms with Crippen LogP contribution in [0.2, 0.25) is 0 Å². The summed E-state index contributed by atoms with van der Waals surface area (Å²) in [6.07, 6.45) is 2.19. The van der Waals surface area contributed by atoms with Crippen molar-refractivity contribution in [2.24, 2.45) is 13.0 Å². The number of carbonyl (C=O) groups is 1. The van der Waals surface area contributed by atoms with Gasteiger partial charge < -0.3 is 19.5 Å². The maximum atomic E-state index is 11.6. The zero-order valence-electron chi connectivity index (χ0n) is 16.9. The molecule has 8 heteroatoms. The number of carbonyl (C=O) groups excluding carboxylic acids is 1. The Hall–Kier alpha value is -3.29. The van der Waals surface area contributed by atoms with Gasteiger partial charge in [-0.3, -0.25) is 9.48 Å². The Morgan fingerprint density at radius 1 is 1.21 bits per heavy atom. The van der Waals surface area contributed by atoms with Gasteiger partial charge in [0.2, 0.25) is 11.8 Å². The summed E-state index contributed by atoms with van der Waals surface area (Å²) in [5.41, 5.74) is 2.38. The van der Waals surface area contributed by atoms with Crippen LogP contribution in [0.4, 0.5) is 0 Å². The molecule has 29 heavy (non-hydrogen) atoms. The van der Waals surface area contributed by atoms with Crippen molar-refractivity contribution in [3.8, 4) is 28.6 Å². The monoisotopic (exact) mass is 396 g/mol. The van der Waals surface area contributed by atoms with E-state index in [0.29, 0.717) is 30.3 Å². The minimum Gasteiger partial charge on any atom is -0.493 e. The van der Waals surface area contributed by atoms with Gasteiger partial charge in [0.05, 0.1) is 30.8 Å². The van der Waals surface area contributed by atoms with Crippen LogP contribution in [0.5, 0.6) is 17.4 Å². The highest BCUT2D eigenvalue weighted by Gasteiger charge is 2.29. The third-order valence-electron chi connectivity index (χ3n) is 5.23. The van der Waals surface area contributed by atoms with Crippen molar-refractivity contribution in [3.05, 3.63) is 30.5 Å². The molecule has 152 valence electrons. The SMILES string of the molecule is COc1ccc(-c2cc3nn(C)cc3c(OC(C)[C@H]3CNC(=O)C3)n2)cc1OC. The zero-order valence-corrected chi connectivity index (χ0v) is 16.9. The summed E-state index contributed by atoms with van der Waals surface area (Å²) in [5, 5.41) is 8.22. The van der Waals surface area contributed by atoms with Gasteiger partial charge >= 0.3 is 0 Å². The van der Waals surface area contributed by atoms with E-state index in [9.17, 15) is 4.79 Å². The molecule has 0 spiro atoms. The van der Waals surface area contributed by atoms with Crippen LogP contribution in [-0.4, -0.2) is 47.5 Å². The van der Waals surface area contributed by atoms with Crippen LogP contribution in [0.3, 0.4) is 0 Å². The minimum atomic E-state index is -0.162. The van der Waals surface area contributed by atoms with E-state index in [4.69, 9.17) is 19.2 Å². The normalized spacial score (nSPS) is 17.2. The summed E-state index contributed by atoms with van der Waals surface area (Å²) < 4.78 is 18.7. The van der Waals surface area contributed by atoms with E-state index in [1.54, 1.807) is 18.9 Å². The predicted octanol–water partition coefficient (Wildman–Crippen LogP) is 2.56. The first-order valence-electron chi connectivity index (χ1n) is 9.48. The lowest BCUT2D eigenvalue weighted by molar-refractivity contribution is -0.119. The molecule has 1 aromatic carbocycles. The Morgan fingerprint density at radius 3 is 2.69 bits per heavy atom. The number of aryl methyl sites for hydroxylation is 1. The second kappa shape index (κ2) is 7.62. The quantitative estimate of drug-likeness (QED) is 0.689. The number of benzene rings is 1. The Bertz CT molecular complexity index is 1060. The fourth-order valence-electron chi connectivity index (χ4n) is 3.57. The van der Waals surface area contributed by atoms with E-state index in [1.165, 1.54) is 0 Å². The lowest BCUT2D eigenvalue weighted by Crippen LogP contribution is -2.26. The maximum Gasteiger partial charge on any atom is 0.225 e. The highest BCUT2D eigenvalue weighted by molar-refractivity contribution is 5.87. The zero-order chi connectivity index (χ0) is 20.5. The Morgan fingerprint density at radius 2 is 2.00 bits per heavy atom. The maximum absolute atomic E-state index is 11.6. The highest BCUT2D eigenvalue weighted by Crippen LogP contribution is 2.35. The molecule has 2 aromatic heterocycles. The fraction of sp³-hybridized carbons (Fsp3) is 0.381. The van der Waals surface area contributed by atoms with Crippen LogP contribution in [0, 0.1) is 5.92 Å². The molecule has 1 aliphatic heterocycles. The predicted molar refractivity (Wildman–Crippen MR) is 108 cm³/mol. The molecule has 0 saturated carbocycles. The van der Waals surface area contributed by atoms with Gasteiger partial charge in [0.1, 0.15) is 6.10 Å². The standard InChI is InChI=1S/C21H24N4O4/c1-12(14-8-20(26)22-10-14)29-21-15-11-25(2)24-17(15)9-16(23-21)13-5-6-18(27-3)19(7-13)28-4/h5-7,9,11-12,14H,8,10H2,1-4H3,(H,22,26)/t12?,14-/m1/s1. The van der Waals surface area contributed by atoms with Crippen LogP contribution in [0.25, 0.3) is 22.2 Å². The molecule has 8 nitrogen and oxygen atoms in total. The highest BCUT2D eigenvalue weighted by atomic mass is 16.5. The van der Waals surface area contributed by atoms with Crippen molar-refractivity contribution in [2.75, 3.05) is 20.8 Å². The van der Waals surface area contributed by atoms with Gasteiger partial charge in [0.25, 0.3) is 0 Å². The fourth-order valence-corrected chi connectivity index (χ4v) is 3.57. The van der Waals surface area contributed by atoms with E-state index in [2.05, 4.69) is 10.4 Å². The van der Waals surface area contributed by atoms with Gasteiger partial charge in [0, 0.05) is 37.7 Å². The molecule has 2 atom stereocenters.